The summed E-state index contributed by atoms with van der Waals surface area (Å²) < 4.78 is 2.30. The van der Waals surface area contributed by atoms with E-state index in [1.807, 2.05) is 37.3 Å². The number of anilines is 3. The van der Waals surface area contributed by atoms with Crippen LogP contribution in [-0.2, 0) is 6.42 Å². The zero-order valence-electron chi connectivity index (χ0n) is 16.1. The molecule has 0 spiro atoms. The van der Waals surface area contributed by atoms with Gasteiger partial charge in [0.2, 0.25) is 0 Å². The Morgan fingerprint density at radius 1 is 1.14 bits per heavy atom. The van der Waals surface area contributed by atoms with Gasteiger partial charge in [0.25, 0.3) is 5.91 Å². The third kappa shape index (κ3) is 4.21. The Morgan fingerprint density at radius 2 is 1.97 bits per heavy atom. The molecule has 1 aliphatic heterocycles. The van der Waals surface area contributed by atoms with Crippen LogP contribution in [0.3, 0.4) is 0 Å². The van der Waals surface area contributed by atoms with E-state index < -0.39 is 0 Å². The largest absolute Gasteiger partial charge is 0.398 e. The molecular weight excluding hydrogens is 402 g/mol. The third-order valence-corrected chi connectivity index (χ3v) is 6.43. The van der Waals surface area contributed by atoms with Gasteiger partial charge in [-0.1, -0.05) is 41.9 Å². The molecule has 0 saturated heterocycles. The SMILES string of the molecule is Cc1cccc(C(=O)Nc2cc(SN3CCCc4ccccc43)ccc2Cl)c1N. The maximum absolute atomic E-state index is 12.7. The number of aryl methyl sites for hydroxylation is 2. The van der Waals surface area contributed by atoms with Gasteiger partial charge >= 0.3 is 0 Å². The van der Waals surface area contributed by atoms with Gasteiger partial charge in [0.15, 0.2) is 0 Å². The first-order chi connectivity index (χ1) is 14.0. The van der Waals surface area contributed by atoms with E-state index in [4.69, 9.17) is 17.3 Å². The smallest absolute Gasteiger partial charge is 0.257 e. The van der Waals surface area contributed by atoms with Crippen LogP contribution in [0.4, 0.5) is 17.1 Å². The highest BCUT2D eigenvalue weighted by molar-refractivity contribution is 8.00. The molecule has 6 heteroatoms. The van der Waals surface area contributed by atoms with Gasteiger partial charge in [-0.3, -0.25) is 4.79 Å². The molecule has 0 aromatic heterocycles. The van der Waals surface area contributed by atoms with Gasteiger partial charge in [0, 0.05) is 17.1 Å². The van der Waals surface area contributed by atoms with E-state index in [0.717, 1.165) is 29.8 Å². The molecule has 4 rings (SSSR count). The predicted molar refractivity (Wildman–Crippen MR) is 123 cm³/mol. The van der Waals surface area contributed by atoms with Gasteiger partial charge in [0.1, 0.15) is 0 Å². The molecule has 3 aromatic rings. The van der Waals surface area contributed by atoms with E-state index in [9.17, 15) is 4.79 Å². The van der Waals surface area contributed by atoms with Crippen LogP contribution in [0, 0.1) is 6.92 Å². The van der Waals surface area contributed by atoms with Crippen molar-refractivity contribution in [3.63, 3.8) is 0 Å². The molecule has 0 fully saturated rings. The number of halogens is 1. The number of benzene rings is 3. The maximum Gasteiger partial charge on any atom is 0.257 e. The lowest BCUT2D eigenvalue weighted by atomic mass is 10.0. The molecule has 148 valence electrons. The Labute approximate surface area is 180 Å². The molecule has 0 radical (unpaired) electrons. The topological polar surface area (TPSA) is 58.4 Å². The van der Waals surface area contributed by atoms with Crippen molar-refractivity contribution in [3.05, 3.63) is 82.4 Å². The van der Waals surface area contributed by atoms with Crippen LogP contribution >= 0.6 is 23.5 Å². The number of hydrogen-bond acceptors (Lipinski definition) is 4. The van der Waals surface area contributed by atoms with Crippen molar-refractivity contribution in [1.82, 2.24) is 0 Å². The number of carbonyl (C=O) groups is 1. The lowest BCUT2D eigenvalue weighted by Crippen LogP contribution is -2.22. The van der Waals surface area contributed by atoms with Crippen molar-refractivity contribution >= 4 is 46.5 Å². The van der Waals surface area contributed by atoms with Gasteiger partial charge in [0.05, 0.1) is 22.0 Å². The lowest BCUT2D eigenvalue weighted by Gasteiger charge is -2.30. The number of hydrogen-bond donors (Lipinski definition) is 2. The predicted octanol–water partition coefficient (Wildman–Crippen LogP) is 5.94. The molecule has 4 nitrogen and oxygen atoms in total. The first kappa shape index (κ1) is 19.7. The van der Waals surface area contributed by atoms with E-state index in [0.29, 0.717) is 22.0 Å². The molecule has 29 heavy (non-hydrogen) atoms. The van der Waals surface area contributed by atoms with Crippen LogP contribution < -0.4 is 15.4 Å². The zero-order valence-corrected chi connectivity index (χ0v) is 17.7. The van der Waals surface area contributed by atoms with E-state index in [2.05, 4.69) is 33.9 Å². The number of nitrogens with two attached hydrogens (primary N) is 1. The summed E-state index contributed by atoms with van der Waals surface area (Å²) in [6.07, 6.45) is 2.22. The zero-order chi connectivity index (χ0) is 20.4. The van der Waals surface area contributed by atoms with Gasteiger partial charge in [-0.05, 0) is 73.2 Å². The lowest BCUT2D eigenvalue weighted by molar-refractivity contribution is 0.102. The van der Waals surface area contributed by atoms with E-state index in [-0.39, 0.29) is 5.91 Å². The number of carbonyl (C=O) groups excluding carboxylic acids is 1. The summed E-state index contributed by atoms with van der Waals surface area (Å²) in [7, 11) is 0. The number of nitrogen functional groups attached to an aromatic ring is 1. The summed E-state index contributed by atoms with van der Waals surface area (Å²) in [6, 6.07) is 19.6. The third-order valence-electron chi connectivity index (χ3n) is 5.04. The molecule has 1 heterocycles. The Balaban J connectivity index is 1.56. The average molecular weight is 424 g/mol. The second-order valence-corrected chi connectivity index (χ2v) is 8.56. The number of rotatable bonds is 4. The highest BCUT2D eigenvalue weighted by Gasteiger charge is 2.18. The number of nitrogens with zero attached hydrogens (tertiary/aromatic N) is 1. The summed E-state index contributed by atoms with van der Waals surface area (Å²) in [6.45, 7) is 2.86. The van der Waals surface area contributed by atoms with Crippen LogP contribution in [0.25, 0.3) is 0 Å². The van der Waals surface area contributed by atoms with Gasteiger partial charge < -0.3 is 15.4 Å². The van der Waals surface area contributed by atoms with E-state index in [1.165, 1.54) is 11.3 Å². The first-order valence-corrected chi connectivity index (χ1v) is 10.7. The average Bonchev–Trinajstić information content (AvgIpc) is 2.72. The number of nitrogens with one attached hydrogen (secondary N) is 1. The number of para-hydroxylation sites is 2. The second kappa shape index (κ2) is 8.39. The van der Waals surface area contributed by atoms with Gasteiger partial charge in [-0.25, -0.2) is 0 Å². The van der Waals surface area contributed by atoms with Crippen molar-refractivity contribution in [3.8, 4) is 0 Å². The molecule has 3 aromatic carbocycles. The highest BCUT2D eigenvalue weighted by atomic mass is 35.5. The number of amides is 1. The molecule has 0 saturated carbocycles. The minimum atomic E-state index is -0.265. The Bertz CT molecular complexity index is 1070. The Kier molecular flexibility index (Phi) is 5.69. The highest BCUT2D eigenvalue weighted by Crippen LogP contribution is 2.37. The fourth-order valence-corrected chi connectivity index (χ4v) is 4.66. The molecule has 1 amide bonds. The molecule has 0 aliphatic carbocycles. The number of fused-ring (bicyclic) bond motifs is 1. The van der Waals surface area contributed by atoms with E-state index >= 15 is 0 Å². The van der Waals surface area contributed by atoms with Gasteiger partial charge in [-0.2, -0.15) is 0 Å². The quantitative estimate of drug-likeness (QED) is 0.402. The second-order valence-electron chi connectivity index (χ2n) is 7.06. The minimum absolute atomic E-state index is 0.265. The van der Waals surface area contributed by atoms with Crippen molar-refractivity contribution in [1.29, 1.82) is 0 Å². The monoisotopic (exact) mass is 423 g/mol. The summed E-state index contributed by atoms with van der Waals surface area (Å²) >= 11 is 8.01. The normalized spacial score (nSPS) is 13.1. The molecule has 1 aliphatic rings. The summed E-state index contributed by atoms with van der Waals surface area (Å²) in [5.74, 6) is -0.265. The maximum atomic E-state index is 12.7. The molecule has 3 N–H and O–H groups in total. The molecule has 0 unspecified atom stereocenters. The fraction of sp³-hybridized carbons (Fsp3) is 0.174. The van der Waals surface area contributed by atoms with Crippen LogP contribution in [0.2, 0.25) is 5.02 Å². The molecular formula is C23H22ClN3OS. The Morgan fingerprint density at radius 3 is 2.83 bits per heavy atom. The Hall–Kier alpha value is -2.63. The van der Waals surface area contributed by atoms with Gasteiger partial charge in [-0.15, -0.1) is 0 Å². The van der Waals surface area contributed by atoms with Crippen molar-refractivity contribution in [2.24, 2.45) is 0 Å². The first-order valence-electron chi connectivity index (χ1n) is 9.52. The van der Waals surface area contributed by atoms with Crippen LogP contribution in [0.15, 0.2) is 65.6 Å². The van der Waals surface area contributed by atoms with E-state index in [1.54, 1.807) is 18.0 Å². The van der Waals surface area contributed by atoms with Crippen LogP contribution in [0.5, 0.6) is 0 Å². The summed E-state index contributed by atoms with van der Waals surface area (Å²) in [5, 5.41) is 3.40. The van der Waals surface area contributed by atoms with Crippen molar-refractivity contribution < 1.29 is 4.79 Å². The van der Waals surface area contributed by atoms with Crippen molar-refractivity contribution in [2.45, 2.75) is 24.7 Å². The fourth-order valence-electron chi connectivity index (χ4n) is 3.45. The van der Waals surface area contributed by atoms with Crippen LogP contribution in [0.1, 0.15) is 27.9 Å². The standard InChI is InChI=1S/C23H22ClN3OS/c1-15-6-4-9-18(22(15)25)23(28)26-20-14-17(11-12-19(20)24)29-27-13-5-8-16-7-2-3-10-21(16)27/h2-4,6-7,9-12,14H,5,8,13,25H2,1H3,(H,26,28). The summed E-state index contributed by atoms with van der Waals surface area (Å²) in [4.78, 5) is 13.7. The van der Waals surface area contributed by atoms with Crippen LogP contribution in [-0.4, -0.2) is 12.5 Å². The van der Waals surface area contributed by atoms with Crippen molar-refractivity contribution in [2.75, 3.05) is 21.9 Å². The molecule has 0 atom stereocenters. The molecule has 0 bridgehead atoms. The minimum Gasteiger partial charge on any atom is -0.398 e. The summed E-state index contributed by atoms with van der Waals surface area (Å²) in [5.41, 5.74) is 11.1.